The maximum absolute atomic E-state index is 14.7. The van der Waals surface area contributed by atoms with Crippen LogP contribution in [-0.2, 0) is 22.7 Å². The number of nitrogens with zero attached hydrogens (tertiary/aromatic N) is 1. The highest BCUT2D eigenvalue weighted by Crippen LogP contribution is 2.41. The Balaban J connectivity index is 1.90. The van der Waals surface area contributed by atoms with E-state index >= 15 is 0 Å². The van der Waals surface area contributed by atoms with Crippen LogP contribution in [0.2, 0.25) is 0 Å². The lowest BCUT2D eigenvalue weighted by Gasteiger charge is -2.28. The molecule has 11 heteroatoms. The molecule has 37 heavy (non-hydrogen) atoms. The fourth-order valence-electron chi connectivity index (χ4n) is 4.62. The number of nitrogens with one attached hydrogen (secondary N) is 1. The quantitative estimate of drug-likeness (QED) is 0.317. The molecule has 1 fully saturated rings. The van der Waals surface area contributed by atoms with Crippen molar-refractivity contribution < 1.29 is 34.8 Å². The summed E-state index contributed by atoms with van der Waals surface area (Å²) in [5, 5.41) is -0.482. The Hall–Kier alpha value is -2.53. The molecule has 1 N–H and O–H groups in total. The van der Waals surface area contributed by atoms with Crippen molar-refractivity contribution >= 4 is 20.9 Å². The summed E-state index contributed by atoms with van der Waals surface area (Å²) in [5.74, 6) is -1.07. The van der Waals surface area contributed by atoms with Crippen LogP contribution in [0.3, 0.4) is 0 Å². The monoisotopic (exact) mass is 546 g/mol. The van der Waals surface area contributed by atoms with Gasteiger partial charge in [0.25, 0.3) is 6.43 Å². The van der Waals surface area contributed by atoms with E-state index in [9.17, 15) is 34.8 Å². The van der Waals surface area contributed by atoms with Crippen molar-refractivity contribution in [2.75, 3.05) is 0 Å². The third kappa shape index (κ3) is 5.67. The highest BCUT2D eigenvalue weighted by molar-refractivity contribution is 7.90. The van der Waals surface area contributed by atoms with E-state index < -0.39 is 50.9 Å². The van der Waals surface area contributed by atoms with Gasteiger partial charge in [0.2, 0.25) is 10.0 Å². The maximum Gasteiger partial charge on any atom is 0.417 e. The molecule has 0 saturated heterocycles. The van der Waals surface area contributed by atoms with Gasteiger partial charge in [-0.1, -0.05) is 45.4 Å². The van der Waals surface area contributed by atoms with Gasteiger partial charge in [0, 0.05) is 34.8 Å². The van der Waals surface area contributed by atoms with Crippen molar-refractivity contribution in [3.8, 4) is 11.1 Å². The summed E-state index contributed by atoms with van der Waals surface area (Å²) in [7, 11) is -4.00. The van der Waals surface area contributed by atoms with Crippen molar-refractivity contribution in [1.82, 2.24) is 9.29 Å². The van der Waals surface area contributed by atoms with Crippen LogP contribution in [-0.4, -0.2) is 24.7 Å². The molecule has 1 aromatic heterocycles. The molecular weight excluding hydrogens is 518 g/mol. The van der Waals surface area contributed by atoms with Crippen molar-refractivity contribution in [1.29, 1.82) is 0 Å². The number of halogens is 6. The molecule has 2 aromatic carbocycles. The lowest BCUT2D eigenvalue weighted by Crippen LogP contribution is -2.42. The van der Waals surface area contributed by atoms with E-state index in [4.69, 9.17) is 0 Å². The Morgan fingerprint density at radius 2 is 1.76 bits per heavy atom. The normalized spacial score (nSPS) is 16.4. The average molecular weight is 547 g/mol. The number of fused-ring (bicyclic) bond motifs is 1. The van der Waals surface area contributed by atoms with Gasteiger partial charge < -0.3 is 4.57 Å². The van der Waals surface area contributed by atoms with Crippen LogP contribution in [0.25, 0.3) is 22.0 Å². The molecule has 1 aliphatic rings. The number of sulfonamides is 1. The van der Waals surface area contributed by atoms with Crippen LogP contribution in [0.5, 0.6) is 0 Å². The van der Waals surface area contributed by atoms with Gasteiger partial charge in [0.15, 0.2) is 0 Å². The van der Waals surface area contributed by atoms with Gasteiger partial charge in [-0.05, 0) is 42.0 Å². The summed E-state index contributed by atoms with van der Waals surface area (Å²) in [5.41, 5.74) is -1.92. The lowest BCUT2D eigenvalue weighted by molar-refractivity contribution is -0.137. The average Bonchev–Trinajstić information content (AvgIpc) is 3.05. The molecule has 0 radical (unpaired) electrons. The van der Waals surface area contributed by atoms with E-state index in [1.54, 1.807) is 4.57 Å². The number of alkyl halides is 5. The van der Waals surface area contributed by atoms with Crippen molar-refractivity contribution in [3.05, 3.63) is 59.5 Å². The molecule has 4 nitrogen and oxygen atoms in total. The number of hydrogen-bond donors (Lipinski definition) is 1. The van der Waals surface area contributed by atoms with Gasteiger partial charge in [0.05, 0.1) is 10.8 Å². The Morgan fingerprint density at radius 1 is 1.08 bits per heavy atom. The first-order valence-electron chi connectivity index (χ1n) is 11.9. The first-order valence-corrected chi connectivity index (χ1v) is 13.4. The molecule has 0 bridgehead atoms. The van der Waals surface area contributed by atoms with Gasteiger partial charge in [-0.15, -0.1) is 0 Å². The van der Waals surface area contributed by atoms with Gasteiger partial charge >= 0.3 is 6.18 Å². The van der Waals surface area contributed by atoms with E-state index in [-0.39, 0.29) is 21.9 Å². The predicted molar refractivity (Wildman–Crippen MR) is 130 cm³/mol. The summed E-state index contributed by atoms with van der Waals surface area (Å²) < 4.78 is 113. The van der Waals surface area contributed by atoms with Gasteiger partial charge in [-0.25, -0.2) is 26.3 Å². The molecule has 1 aliphatic carbocycles. The second-order valence-electron chi connectivity index (χ2n) is 10.7. The standard InChI is InChI=1S/C26H28F6N2O2S/c1-25(2,3)14-34-13-18(23(24(28)29)33-37(35,36)16-6-4-7-16)17-11-10-15(12-21(17)34)22-19(26(30,31)32)8-5-9-20(22)27/h5,8-13,16,23-24,33H,4,6-7,14H2,1-3H3. The SMILES string of the molecule is CC(C)(C)Cn1cc(C(NS(=O)(=O)C2CCC2)C(F)F)c2ccc(-c3c(F)cccc3C(F)(F)F)cc21. The van der Waals surface area contributed by atoms with E-state index in [1.165, 1.54) is 24.4 Å². The highest BCUT2D eigenvalue weighted by atomic mass is 32.2. The van der Waals surface area contributed by atoms with Crippen molar-refractivity contribution in [3.63, 3.8) is 0 Å². The zero-order chi connectivity index (χ0) is 27.3. The van der Waals surface area contributed by atoms with E-state index in [0.717, 1.165) is 18.2 Å². The van der Waals surface area contributed by atoms with Crippen LogP contribution >= 0.6 is 0 Å². The Bertz CT molecular complexity index is 1400. The molecule has 202 valence electrons. The Morgan fingerprint density at radius 3 is 2.30 bits per heavy atom. The van der Waals surface area contributed by atoms with Crippen LogP contribution < -0.4 is 4.72 Å². The van der Waals surface area contributed by atoms with Crippen LogP contribution in [0, 0.1) is 11.2 Å². The Kier molecular flexibility index (Phi) is 7.17. The number of benzene rings is 2. The fourth-order valence-corrected chi connectivity index (χ4v) is 6.35. The minimum atomic E-state index is -4.81. The zero-order valence-corrected chi connectivity index (χ0v) is 21.4. The molecule has 1 heterocycles. The highest BCUT2D eigenvalue weighted by Gasteiger charge is 2.38. The predicted octanol–water partition coefficient (Wildman–Crippen LogP) is 7.29. The van der Waals surface area contributed by atoms with Crippen LogP contribution in [0.4, 0.5) is 26.3 Å². The third-order valence-corrected chi connectivity index (χ3v) is 8.47. The summed E-state index contributed by atoms with van der Waals surface area (Å²) >= 11 is 0. The largest absolute Gasteiger partial charge is 0.417 e. The number of rotatable bonds is 7. The number of aromatic nitrogens is 1. The molecule has 1 unspecified atom stereocenters. The summed E-state index contributed by atoms with van der Waals surface area (Å²) in [6.45, 7) is 5.97. The lowest BCUT2D eigenvalue weighted by atomic mass is 9.96. The van der Waals surface area contributed by atoms with Gasteiger partial charge in [0.1, 0.15) is 11.9 Å². The molecule has 0 spiro atoms. The fraction of sp³-hybridized carbons (Fsp3) is 0.462. The van der Waals surface area contributed by atoms with Crippen molar-refractivity contribution in [2.45, 2.75) is 70.5 Å². The Labute approximate surface area is 211 Å². The molecule has 0 aliphatic heterocycles. The first-order chi connectivity index (χ1) is 17.1. The molecule has 1 atom stereocenters. The second kappa shape index (κ2) is 9.65. The molecule has 1 saturated carbocycles. The van der Waals surface area contributed by atoms with Crippen LogP contribution in [0.15, 0.2) is 42.6 Å². The number of hydrogen-bond acceptors (Lipinski definition) is 2. The minimum absolute atomic E-state index is 0.00766. The van der Waals surface area contributed by atoms with E-state index in [0.29, 0.717) is 31.3 Å². The van der Waals surface area contributed by atoms with Gasteiger partial charge in [-0.3, -0.25) is 0 Å². The molecule has 3 aromatic rings. The summed E-state index contributed by atoms with van der Waals surface area (Å²) in [6.07, 6.45) is -4.99. The van der Waals surface area contributed by atoms with E-state index in [2.05, 4.69) is 4.72 Å². The van der Waals surface area contributed by atoms with Crippen molar-refractivity contribution in [2.24, 2.45) is 5.41 Å². The zero-order valence-electron chi connectivity index (χ0n) is 20.5. The van der Waals surface area contributed by atoms with Gasteiger partial charge in [-0.2, -0.15) is 13.2 Å². The second-order valence-corrected chi connectivity index (χ2v) is 12.7. The molecule has 4 rings (SSSR count). The summed E-state index contributed by atoms with van der Waals surface area (Å²) in [4.78, 5) is 0. The molecule has 0 amide bonds. The smallest absolute Gasteiger partial charge is 0.347 e. The van der Waals surface area contributed by atoms with E-state index in [1.807, 2.05) is 20.8 Å². The summed E-state index contributed by atoms with van der Waals surface area (Å²) in [6, 6.07) is 4.76. The van der Waals surface area contributed by atoms with Crippen LogP contribution in [0.1, 0.15) is 57.2 Å². The first kappa shape index (κ1) is 27.5. The minimum Gasteiger partial charge on any atom is -0.347 e. The topological polar surface area (TPSA) is 51.1 Å². The maximum atomic E-state index is 14.7. The third-order valence-electron chi connectivity index (χ3n) is 6.53. The molecular formula is C26H28F6N2O2S.